The van der Waals surface area contributed by atoms with Crippen molar-refractivity contribution in [2.24, 2.45) is 30.7 Å². The Kier molecular flexibility index (Phi) is 13.7. The highest BCUT2D eigenvalue weighted by Gasteiger charge is 2.26. The van der Waals surface area contributed by atoms with Gasteiger partial charge in [0, 0.05) is 22.8 Å². The van der Waals surface area contributed by atoms with Crippen LogP contribution in [-0.2, 0) is 25.0 Å². The summed E-state index contributed by atoms with van der Waals surface area (Å²) in [6, 6.07) is 26.0. The van der Waals surface area contributed by atoms with Crippen molar-refractivity contribution in [2.75, 3.05) is 18.1 Å². The van der Waals surface area contributed by atoms with Gasteiger partial charge in [0.05, 0.1) is 41.2 Å². The molecule has 26 heteroatoms. The summed E-state index contributed by atoms with van der Waals surface area (Å²) in [5.74, 6) is -2.51. The molecule has 5 N–H and O–H groups in total. The molecule has 0 atom stereocenters. The minimum atomic E-state index is -5.07. The molecule has 3 heterocycles. The van der Waals surface area contributed by atoms with Gasteiger partial charge in [0.25, 0.3) is 25.4 Å². The van der Waals surface area contributed by atoms with Crippen LogP contribution < -0.4 is 4.74 Å². The van der Waals surface area contributed by atoms with Crippen molar-refractivity contribution in [2.45, 2.75) is 29.0 Å². The number of aromatic nitrogens is 4. The molecule has 69 heavy (non-hydrogen) atoms. The number of aryl methyl sites for hydroxylation is 1. The molecule has 0 saturated heterocycles. The molecule has 0 aliphatic rings. The number of benzene rings is 5. The Balaban J connectivity index is 1.18. The van der Waals surface area contributed by atoms with Crippen molar-refractivity contribution in [1.82, 2.24) is 19.6 Å². The highest BCUT2D eigenvalue weighted by Crippen LogP contribution is 2.46. The highest BCUT2D eigenvalue weighted by molar-refractivity contribution is 8.01. The normalized spacial score (nSPS) is 12.3. The summed E-state index contributed by atoms with van der Waals surface area (Å²) >= 11 is 2.25. The highest BCUT2D eigenvalue weighted by atomic mass is 32.2. The number of aliphatic carboxylic acids is 1. The van der Waals surface area contributed by atoms with Gasteiger partial charge < -0.3 is 20.1 Å². The Bertz CT molecular complexity index is 3710. The summed E-state index contributed by atoms with van der Waals surface area (Å²) in [6.45, 7) is 1.36. The van der Waals surface area contributed by atoms with Crippen LogP contribution in [0, 0.1) is 18.3 Å². The van der Waals surface area contributed by atoms with Crippen LogP contribution in [0.15, 0.2) is 131 Å². The number of pyridine rings is 1. The molecule has 0 aliphatic carbocycles. The Morgan fingerprint density at radius 3 is 2.35 bits per heavy atom. The molecular formula is C43H33N11O11S4. The van der Waals surface area contributed by atoms with E-state index in [4.69, 9.17) is 9.84 Å². The number of carboxylic acids is 1. The maximum atomic E-state index is 12.8. The van der Waals surface area contributed by atoms with Gasteiger partial charge in [-0.05, 0) is 66.3 Å². The van der Waals surface area contributed by atoms with Crippen LogP contribution in [0.2, 0.25) is 0 Å². The molecule has 0 spiro atoms. The van der Waals surface area contributed by atoms with E-state index >= 15 is 0 Å². The lowest BCUT2D eigenvalue weighted by Crippen LogP contribution is -2.08. The number of hydrogen-bond acceptors (Lipinski definition) is 20. The maximum absolute atomic E-state index is 12.8. The summed E-state index contributed by atoms with van der Waals surface area (Å²) in [4.78, 5) is 14.7. The molecule has 0 fully saturated rings. The van der Waals surface area contributed by atoms with Crippen LogP contribution in [0.4, 0.5) is 33.6 Å². The number of azo groups is 3. The average molecular weight is 1010 g/mol. The van der Waals surface area contributed by atoms with Gasteiger partial charge in [0.15, 0.2) is 21.4 Å². The predicted molar refractivity (Wildman–Crippen MR) is 253 cm³/mol. The van der Waals surface area contributed by atoms with Crippen molar-refractivity contribution >= 4 is 110 Å². The number of nitrogens with zero attached hydrogens (tertiary/aromatic N) is 11. The van der Waals surface area contributed by atoms with Crippen LogP contribution in [0.1, 0.15) is 24.0 Å². The smallest absolute Gasteiger partial charge is 0.304 e. The topological polar surface area (TPSA) is 337 Å². The summed E-state index contributed by atoms with van der Waals surface area (Å²) in [6.07, 6.45) is -0.241. The molecule has 0 amide bonds. The van der Waals surface area contributed by atoms with Gasteiger partial charge >= 0.3 is 5.97 Å². The van der Waals surface area contributed by atoms with Gasteiger partial charge in [-0.3, -0.25) is 18.3 Å². The Morgan fingerprint density at radius 1 is 0.870 bits per heavy atom. The second-order valence-electron chi connectivity index (χ2n) is 14.6. The minimum Gasteiger partial charge on any atom is -0.505 e. The Labute approximate surface area is 398 Å². The molecule has 8 aromatic rings. The summed E-state index contributed by atoms with van der Waals surface area (Å²) < 4.78 is 75.5. The molecule has 5 aromatic carbocycles. The number of para-hydroxylation sites is 2. The van der Waals surface area contributed by atoms with E-state index in [2.05, 4.69) is 51.9 Å². The first-order chi connectivity index (χ1) is 33.0. The van der Waals surface area contributed by atoms with Gasteiger partial charge in [-0.15, -0.1) is 35.8 Å². The first-order valence-electron chi connectivity index (χ1n) is 20.0. The third-order valence-electron chi connectivity index (χ3n) is 9.97. The van der Waals surface area contributed by atoms with E-state index in [-0.39, 0.29) is 92.3 Å². The molecule has 0 unspecified atom stereocenters. The number of phenols is 1. The van der Waals surface area contributed by atoms with E-state index in [9.17, 15) is 46.2 Å². The molecule has 0 bridgehead atoms. The van der Waals surface area contributed by atoms with Crippen LogP contribution in [0.25, 0.3) is 38.6 Å². The van der Waals surface area contributed by atoms with Gasteiger partial charge in [-0.1, -0.05) is 71.6 Å². The number of ether oxygens (including phenoxy) is 1. The molecule has 3 aromatic heterocycles. The van der Waals surface area contributed by atoms with E-state index in [1.54, 1.807) is 61.5 Å². The number of fused-ring (bicyclic) bond motifs is 4. The summed E-state index contributed by atoms with van der Waals surface area (Å²) in [5.41, 5.74) is 2.01. The van der Waals surface area contributed by atoms with Crippen molar-refractivity contribution in [3.63, 3.8) is 0 Å². The summed E-state index contributed by atoms with van der Waals surface area (Å²) in [7, 11) is -9.41. The first kappa shape index (κ1) is 47.7. The van der Waals surface area contributed by atoms with Crippen molar-refractivity contribution < 1.29 is 50.8 Å². The number of phenolic OH excluding ortho intramolecular Hbond substituents is 1. The van der Waals surface area contributed by atoms with E-state index in [0.717, 1.165) is 17.4 Å². The zero-order chi connectivity index (χ0) is 49.0. The average Bonchev–Trinajstić information content (AvgIpc) is 3.94. The fraction of sp³-hybridized carbons (Fsp3) is 0.140. The fourth-order valence-electron chi connectivity index (χ4n) is 6.85. The van der Waals surface area contributed by atoms with Crippen LogP contribution in [0.5, 0.6) is 17.4 Å². The number of thioether (sulfide) groups is 1. The molecule has 0 radical (unpaired) electrons. The SMILES string of the molecule is Cc1cc(N=Nc2c(S(=O)(=O)O)cc3ccc(N=Nc4c(-c5ccccc5)c(C#N)c5nc6ccccc6n5c4O)cc3c2O)c(OCCCS(=O)(=O)O)cc1N=Nc1nnc(SCCC(=O)O)s1. The third kappa shape index (κ3) is 10.7. The zero-order valence-corrected chi connectivity index (χ0v) is 38.7. The van der Waals surface area contributed by atoms with Gasteiger partial charge in [-0.25, -0.2) is 4.98 Å². The minimum absolute atomic E-state index is 0.0113. The molecule has 0 aliphatic heterocycles. The van der Waals surface area contributed by atoms with Crippen LogP contribution >= 0.6 is 23.1 Å². The predicted octanol–water partition coefficient (Wildman–Crippen LogP) is 10.5. The molecule has 350 valence electrons. The van der Waals surface area contributed by atoms with Crippen molar-refractivity contribution in [3.05, 3.63) is 102 Å². The fourth-order valence-corrected chi connectivity index (χ4v) is 9.65. The zero-order valence-electron chi connectivity index (χ0n) is 35.4. The standard InChI is InChI=1S/C43H33N11O11S4/c1-23-18-31(33(65-15-7-17-68(59,60)61)21-30(23)47-51-42-52-53-43(67-42)66-16-14-35(55)56)48-49-37-34(69(62,63)64)19-25-12-13-26(20-27(25)39(37)57)46-50-38-36(24-8-3-2-4-9-24)28(22-44)40-45-29-10-5-6-11-32(29)54(40)41(38)58/h2-6,8-13,18-21,57-58H,7,14-17H2,1H3,(H,55,56)(H,59,60,61)(H,62,63,64). The number of carbonyl (C=O) groups is 1. The summed E-state index contributed by atoms with van der Waals surface area (Å²) in [5, 5.41) is 76.3. The van der Waals surface area contributed by atoms with Crippen molar-refractivity contribution in [3.8, 4) is 34.6 Å². The Morgan fingerprint density at radius 2 is 1.61 bits per heavy atom. The third-order valence-corrected chi connectivity index (χ3v) is 13.6. The lowest BCUT2D eigenvalue weighted by Gasteiger charge is -2.13. The van der Waals surface area contributed by atoms with Crippen molar-refractivity contribution in [1.29, 1.82) is 5.26 Å². The molecular weight excluding hydrogens is 975 g/mol. The molecule has 8 rings (SSSR count). The first-order valence-corrected chi connectivity index (χ1v) is 24.9. The lowest BCUT2D eigenvalue weighted by molar-refractivity contribution is -0.136. The van der Waals surface area contributed by atoms with E-state index < -0.39 is 48.3 Å². The van der Waals surface area contributed by atoms with Crippen LogP contribution in [-0.4, -0.2) is 84.9 Å². The largest absolute Gasteiger partial charge is 0.505 e. The quantitative estimate of drug-likeness (QED) is 0.0245. The number of aromatic hydroxyl groups is 2. The Hall–Kier alpha value is -7.80. The second-order valence-corrected chi connectivity index (χ2v) is 19.9. The second kappa shape index (κ2) is 19.8. The number of nitriles is 1. The number of carboxylic acid groups (broad SMARTS) is 1. The van der Waals surface area contributed by atoms with E-state index in [1.165, 1.54) is 46.5 Å². The monoisotopic (exact) mass is 1010 g/mol. The van der Waals surface area contributed by atoms with Gasteiger partial charge in [0.2, 0.25) is 5.88 Å². The van der Waals surface area contributed by atoms with Crippen LogP contribution in [0.3, 0.4) is 0 Å². The number of imidazole rings is 1. The number of rotatable bonds is 17. The lowest BCUT2D eigenvalue weighted by atomic mass is 9.99. The number of hydrogen-bond donors (Lipinski definition) is 5. The van der Waals surface area contributed by atoms with E-state index in [1.807, 2.05) is 0 Å². The maximum Gasteiger partial charge on any atom is 0.304 e. The van der Waals surface area contributed by atoms with Gasteiger partial charge in [0.1, 0.15) is 33.7 Å². The molecule has 0 saturated carbocycles. The molecule has 22 nitrogen and oxygen atoms in total. The van der Waals surface area contributed by atoms with E-state index in [0.29, 0.717) is 26.5 Å². The van der Waals surface area contributed by atoms with Gasteiger partial charge in [-0.2, -0.15) is 27.2 Å².